The number of nitrogens with two attached hydrogens (primary N) is 1. The molecule has 4 nitrogen and oxygen atoms in total. The first-order chi connectivity index (χ1) is 8.36. The van der Waals surface area contributed by atoms with Gasteiger partial charge in [0.05, 0.1) is 6.61 Å². The molecule has 0 spiro atoms. The molecule has 0 fully saturated rings. The third-order valence-corrected chi connectivity index (χ3v) is 3.12. The number of nitrogens with zero attached hydrogens (tertiary/aromatic N) is 1. The number of benzene rings is 1. The standard InChI is InChI=1S/C14H22N2O2/c1-10-5-6-12(11(2)9-10)18-8-7-14(3,4)13(15)16-17/h5-6,9,17H,7-8H2,1-4H3,(H2,15,16). The quantitative estimate of drug-likeness (QED) is 0.365. The van der Waals surface area contributed by atoms with Gasteiger partial charge in [-0.05, 0) is 31.9 Å². The van der Waals surface area contributed by atoms with Crippen LogP contribution in [0.25, 0.3) is 0 Å². The Labute approximate surface area is 108 Å². The summed E-state index contributed by atoms with van der Waals surface area (Å²) < 4.78 is 5.73. The molecule has 18 heavy (non-hydrogen) atoms. The Hall–Kier alpha value is -1.71. The number of oxime groups is 1. The molecule has 0 aliphatic heterocycles. The van der Waals surface area contributed by atoms with Gasteiger partial charge < -0.3 is 15.7 Å². The maximum absolute atomic E-state index is 8.68. The molecule has 0 aliphatic rings. The molecule has 1 aromatic rings. The van der Waals surface area contributed by atoms with Crippen molar-refractivity contribution in [3.8, 4) is 5.75 Å². The maximum Gasteiger partial charge on any atom is 0.144 e. The smallest absolute Gasteiger partial charge is 0.144 e. The molecular formula is C14H22N2O2. The second kappa shape index (κ2) is 5.76. The molecule has 100 valence electrons. The summed E-state index contributed by atoms with van der Waals surface area (Å²) in [6, 6.07) is 6.09. The first kappa shape index (κ1) is 14.4. The van der Waals surface area contributed by atoms with Crippen molar-refractivity contribution in [3.63, 3.8) is 0 Å². The van der Waals surface area contributed by atoms with E-state index in [-0.39, 0.29) is 11.3 Å². The Bertz CT molecular complexity index is 439. The molecule has 4 heteroatoms. The molecule has 0 aromatic heterocycles. The minimum absolute atomic E-state index is 0.228. The van der Waals surface area contributed by atoms with Crippen molar-refractivity contribution in [2.24, 2.45) is 16.3 Å². The predicted octanol–water partition coefficient (Wildman–Crippen LogP) is 2.84. The van der Waals surface area contributed by atoms with Gasteiger partial charge in [-0.1, -0.05) is 36.7 Å². The number of rotatable bonds is 5. The van der Waals surface area contributed by atoms with Gasteiger partial charge >= 0.3 is 0 Å². The Morgan fingerprint density at radius 3 is 2.61 bits per heavy atom. The van der Waals surface area contributed by atoms with E-state index in [0.29, 0.717) is 13.0 Å². The Morgan fingerprint density at radius 2 is 2.06 bits per heavy atom. The zero-order valence-electron chi connectivity index (χ0n) is 11.5. The van der Waals surface area contributed by atoms with Gasteiger partial charge in [0, 0.05) is 5.41 Å². The van der Waals surface area contributed by atoms with E-state index in [1.54, 1.807) is 0 Å². The lowest BCUT2D eigenvalue weighted by atomic mass is 9.88. The van der Waals surface area contributed by atoms with Crippen LogP contribution in [0.2, 0.25) is 0 Å². The minimum Gasteiger partial charge on any atom is -0.493 e. The highest BCUT2D eigenvalue weighted by molar-refractivity contribution is 5.85. The van der Waals surface area contributed by atoms with Crippen LogP contribution >= 0.6 is 0 Å². The van der Waals surface area contributed by atoms with E-state index in [1.165, 1.54) is 5.56 Å². The van der Waals surface area contributed by atoms with E-state index in [2.05, 4.69) is 18.1 Å². The summed E-state index contributed by atoms with van der Waals surface area (Å²) >= 11 is 0. The first-order valence-corrected chi connectivity index (χ1v) is 6.05. The van der Waals surface area contributed by atoms with Crippen molar-refractivity contribution in [1.29, 1.82) is 0 Å². The summed E-state index contributed by atoms with van der Waals surface area (Å²) in [4.78, 5) is 0. The molecule has 0 bridgehead atoms. The first-order valence-electron chi connectivity index (χ1n) is 6.05. The van der Waals surface area contributed by atoms with Crippen LogP contribution in [0.5, 0.6) is 5.75 Å². The number of ether oxygens (including phenoxy) is 1. The molecule has 0 unspecified atom stereocenters. The zero-order valence-corrected chi connectivity index (χ0v) is 11.5. The largest absolute Gasteiger partial charge is 0.493 e. The SMILES string of the molecule is Cc1ccc(OCCC(C)(C)C(N)=NO)c(C)c1. The third kappa shape index (κ3) is 3.65. The van der Waals surface area contributed by atoms with Crippen LogP contribution in [-0.4, -0.2) is 17.6 Å². The highest BCUT2D eigenvalue weighted by Gasteiger charge is 2.23. The van der Waals surface area contributed by atoms with Gasteiger partial charge in [-0.15, -0.1) is 0 Å². The average molecular weight is 250 g/mol. The van der Waals surface area contributed by atoms with Gasteiger partial charge in [-0.25, -0.2) is 0 Å². The van der Waals surface area contributed by atoms with Gasteiger partial charge in [0.15, 0.2) is 0 Å². The fraction of sp³-hybridized carbons (Fsp3) is 0.500. The van der Waals surface area contributed by atoms with E-state index >= 15 is 0 Å². The molecule has 0 atom stereocenters. The number of hydrogen-bond donors (Lipinski definition) is 2. The van der Waals surface area contributed by atoms with Gasteiger partial charge in [0.25, 0.3) is 0 Å². The summed E-state index contributed by atoms with van der Waals surface area (Å²) in [5.41, 5.74) is 7.60. The molecule has 1 aromatic carbocycles. The molecule has 0 aliphatic carbocycles. The van der Waals surface area contributed by atoms with E-state index in [1.807, 2.05) is 32.9 Å². The van der Waals surface area contributed by atoms with Crippen LogP contribution in [-0.2, 0) is 0 Å². The molecule has 1 rings (SSSR count). The number of amidine groups is 1. The van der Waals surface area contributed by atoms with Crippen LogP contribution < -0.4 is 10.5 Å². The van der Waals surface area contributed by atoms with Gasteiger partial charge in [-0.3, -0.25) is 0 Å². The van der Waals surface area contributed by atoms with Gasteiger partial charge in [0.1, 0.15) is 11.6 Å². The fourth-order valence-corrected chi connectivity index (χ4v) is 1.64. The summed E-state index contributed by atoms with van der Waals surface area (Å²) in [6.45, 7) is 8.46. The monoisotopic (exact) mass is 250 g/mol. The van der Waals surface area contributed by atoms with Crippen molar-refractivity contribution >= 4 is 5.84 Å². The highest BCUT2D eigenvalue weighted by atomic mass is 16.5. The lowest BCUT2D eigenvalue weighted by Gasteiger charge is -2.22. The summed E-state index contributed by atoms with van der Waals surface area (Å²) in [5, 5.41) is 11.7. The Kier molecular flexibility index (Phi) is 4.59. The van der Waals surface area contributed by atoms with Crippen molar-refractivity contribution in [2.75, 3.05) is 6.61 Å². The number of aryl methyl sites for hydroxylation is 2. The van der Waals surface area contributed by atoms with Gasteiger partial charge in [-0.2, -0.15) is 0 Å². The highest BCUT2D eigenvalue weighted by Crippen LogP contribution is 2.23. The average Bonchev–Trinajstić information content (AvgIpc) is 2.30. The summed E-state index contributed by atoms with van der Waals surface area (Å²) in [5.74, 6) is 1.11. The van der Waals surface area contributed by atoms with Crippen molar-refractivity contribution in [2.45, 2.75) is 34.1 Å². The maximum atomic E-state index is 8.68. The van der Waals surface area contributed by atoms with Crippen molar-refractivity contribution in [3.05, 3.63) is 29.3 Å². The molecule has 3 N–H and O–H groups in total. The van der Waals surface area contributed by atoms with E-state index in [4.69, 9.17) is 15.7 Å². The molecule has 0 saturated heterocycles. The normalized spacial score (nSPS) is 12.6. The van der Waals surface area contributed by atoms with Crippen LogP contribution in [0.3, 0.4) is 0 Å². The van der Waals surface area contributed by atoms with E-state index in [0.717, 1.165) is 11.3 Å². The van der Waals surface area contributed by atoms with Crippen LogP contribution in [0.15, 0.2) is 23.4 Å². The molecule has 0 radical (unpaired) electrons. The number of hydrogen-bond acceptors (Lipinski definition) is 3. The Balaban J connectivity index is 2.57. The van der Waals surface area contributed by atoms with Gasteiger partial charge in [0.2, 0.25) is 0 Å². The van der Waals surface area contributed by atoms with Crippen molar-refractivity contribution in [1.82, 2.24) is 0 Å². The molecule has 0 saturated carbocycles. The van der Waals surface area contributed by atoms with Crippen LogP contribution in [0.1, 0.15) is 31.4 Å². The van der Waals surface area contributed by atoms with Crippen LogP contribution in [0.4, 0.5) is 0 Å². The summed E-state index contributed by atoms with van der Waals surface area (Å²) in [7, 11) is 0. The lowest BCUT2D eigenvalue weighted by Crippen LogP contribution is -2.33. The zero-order chi connectivity index (χ0) is 13.8. The molecular weight excluding hydrogens is 228 g/mol. The predicted molar refractivity (Wildman–Crippen MR) is 73.2 cm³/mol. The Morgan fingerprint density at radius 1 is 1.39 bits per heavy atom. The van der Waals surface area contributed by atoms with E-state index in [9.17, 15) is 0 Å². The minimum atomic E-state index is -0.368. The molecule has 0 heterocycles. The van der Waals surface area contributed by atoms with Crippen molar-refractivity contribution < 1.29 is 9.94 Å². The fourth-order valence-electron chi connectivity index (χ4n) is 1.64. The third-order valence-electron chi connectivity index (χ3n) is 3.12. The second-order valence-electron chi connectivity index (χ2n) is 5.24. The summed E-state index contributed by atoms with van der Waals surface area (Å²) in [6.07, 6.45) is 0.691. The lowest BCUT2D eigenvalue weighted by molar-refractivity contribution is 0.258. The molecule has 0 amide bonds. The topological polar surface area (TPSA) is 67.8 Å². The van der Waals surface area contributed by atoms with E-state index < -0.39 is 0 Å². The second-order valence-corrected chi connectivity index (χ2v) is 5.24. The van der Waals surface area contributed by atoms with Crippen LogP contribution in [0, 0.1) is 19.3 Å².